The van der Waals surface area contributed by atoms with E-state index in [9.17, 15) is 0 Å². The van der Waals surface area contributed by atoms with Gasteiger partial charge in [0.1, 0.15) is 40.8 Å². The second kappa shape index (κ2) is 13.7. The van der Waals surface area contributed by atoms with Gasteiger partial charge in [0.2, 0.25) is 6.04 Å². The van der Waals surface area contributed by atoms with Crippen molar-refractivity contribution in [3.8, 4) is 11.5 Å². The predicted molar refractivity (Wildman–Crippen MR) is 199 cm³/mol. The Kier molecular flexibility index (Phi) is 9.36. The summed E-state index contributed by atoms with van der Waals surface area (Å²) in [5, 5.41) is 13.4. The number of amides is 1. The lowest BCUT2D eigenvalue weighted by Crippen LogP contribution is -2.74. The van der Waals surface area contributed by atoms with Crippen molar-refractivity contribution in [2.24, 2.45) is 0 Å². The lowest BCUT2D eigenvalue weighted by atomic mass is 9.91. The fraction of sp³-hybridized carbons (Fsp3) is 0.333. The van der Waals surface area contributed by atoms with E-state index in [-0.39, 0.29) is 28.2 Å². The molecule has 9 nitrogen and oxygen atoms in total. The second-order valence-corrected chi connectivity index (χ2v) is 15.8. The second-order valence-electron chi connectivity index (χ2n) is 13.6. The number of fused-ring (bicyclic) bond motifs is 1. The molecule has 2 saturated heterocycles. The zero-order valence-electron chi connectivity index (χ0n) is 28.9. The average molecular weight is 710 g/mol. The van der Waals surface area contributed by atoms with E-state index >= 15 is 4.79 Å². The third-order valence-corrected chi connectivity index (χ3v) is 11.3. The number of carbonyl (C=O) groups is 1. The van der Waals surface area contributed by atoms with Crippen molar-refractivity contribution < 1.29 is 14.3 Å². The van der Waals surface area contributed by atoms with Crippen molar-refractivity contribution in [1.82, 2.24) is 29.6 Å². The highest BCUT2D eigenvalue weighted by atomic mass is 35.5. The van der Waals surface area contributed by atoms with Gasteiger partial charge in [-0.05, 0) is 99.1 Å². The van der Waals surface area contributed by atoms with Crippen molar-refractivity contribution in [2.75, 3.05) is 6.61 Å². The van der Waals surface area contributed by atoms with Gasteiger partial charge in [-0.2, -0.15) is 0 Å². The number of ether oxygens (including phenoxy) is 2. The summed E-state index contributed by atoms with van der Waals surface area (Å²) >= 11 is 8.35. The third kappa shape index (κ3) is 6.14. The molecule has 0 bridgehead atoms. The molecule has 7 rings (SSSR count). The quantitative estimate of drug-likeness (QED) is 0.0954. The molecular formula is C39H42ClN6O3S+. The maximum absolute atomic E-state index is 15.0. The number of hydrogen-bond donors (Lipinski definition) is 0. The summed E-state index contributed by atoms with van der Waals surface area (Å²) in [7, 11) is 0. The van der Waals surface area contributed by atoms with Crippen LogP contribution in [0.25, 0.3) is 0 Å². The maximum Gasteiger partial charge on any atom is 0.286 e. The van der Waals surface area contributed by atoms with Crippen LogP contribution in [0.1, 0.15) is 57.6 Å². The molecule has 0 saturated carbocycles. The van der Waals surface area contributed by atoms with Gasteiger partial charge >= 0.3 is 0 Å². The van der Waals surface area contributed by atoms with E-state index in [1.165, 1.54) is 0 Å². The molecule has 3 heterocycles. The molecule has 4 aromatic carbocycles. The van der Waals surface area contributed by atoms with Crippen LogP contribution < -0.4 is 14.0 Å². The minimum absolute atomic E-state index is 0.0477. The first-order valence-corrected chi connectivity index (χ1v) is 18.3. The molecule has 3 atom stereocenters. The molecule has 0 spiro atoms. The summed E-state index contributed by atoms with van der Waals surface area (Å²) < 4.78 is 13.5. The lowest BCUT2D eigenvalue weighted by Gasteiger charge is -2.53. The molecule has 1 amide bonds. The number of tetrazole rings is 1. The molecule has 11 heteroatoms. The summed E-state index contributed by atoms with van der Waals surface area (Å²) in [5.41, 5.74) is 4.11. The van der Waals surface area contributed by atoms with E-state index in [4.69, 9.17) is 21.1 Å². The van der Waals surface area contributed by atoms with Gasteiger partial charge in [0.25, 0.3) is 5.91 Å². The first kappa shape index (κ1) is 34.1. The molecule has 5 aromatic rings. The molecule has 1 aromatic heterocycles. The smallest absolute Gasteiger partial charge is 0.286 e. The monoisotopic (exact) mass is 709 g/mol. The normalized spacial score (nSPS) is 19.7. The van der Waals surface area contributed by atoms with Gasteiger partial charge in [0, 0.05) is 10.3 Å². The standard InChI is InChI=1S/C39H42ClN6O3S/c1-6-48-33-21-20-27(23-32(33)40)24-44-36(41-42-43-44)35-39(4,5)50-38-34(37(47)45(35)38)46(29-15-9-7-10-16-29,30-17-11-8-12-18-30)25-28-14-13-19-31(22-28)49-26(2)3/h7-23,26,34-35,38H,6,24-25H2,1-5H3/q+1/t34?,35?,38-/m0/s1. The van der Waals surface area contributed by atoms with Gasteiger partial charge < -0.3 is 14.4 Å². The highest BCUT2D eigenvalue weighted by molar-refractivity contribution is 8.01. The van der Waals surface area contributed by atoms with E-state index in [1.807, 2.05) is 79.9 Å². The molecule has 258 valence electrons. The van der Waals surface area contributed by atoms with Gasteiger partial charge in [-0.15, -0.1) is 16.9 Å². The van der Waals surface area contributed by atoms with Crippen LogP contribution in [0.15, 0.2) is 103 Å². The van der Waals surface area contributed by atoms with Gasteiger partial charge in [-0.3, -0.25) is 4.79 Å². The number of para-hydroxylation sites is 2. The number of thioether (sulfide) groups is 1. The van der Waals surface area contributed by atoms with Crippen molar-refractivity contribution >= 4 is 40.6 Å². The number of halogens is 1. The van der Waals surface area contributed by atoms with Gasteiger partial charge in [0.15, 0.2) is 5.82 Å². The number of aromatic nitrogens is 4. The molecule has 2 unspecified atom stereocenters. The van der Waals surface area contributed by atoms with E-state index < -0.39 is 6.04 Å². The minimum Gasteiger partial charge on any atom is -0.492 e. The van der Waals surface area contributed by atoms with Crippen molar-refractivity contribution in [3.63, 3.8) is 0 Å². The van der Waals surface area contributed by atoms with Crippen LogP contribution in [0.2, 0.25) is 5.02 Å². The number of β-lactam (4-membered cyclic amide) rings is 1. The van der Waals surface area contributed by atoms with Crippen LogP contribution in [0.5, 0.6) is 11.5 Å². The summed E-state index contributed by atoms with van der Waals surface area (Å²) in [4.78, 5) is 17.0. The van der Waals surface area contributed by atoms with Gasteiger partial charge in [-0.1, -0.05) is 66.2 Å². The first-order valence-electron chi connectivity index (χ1n) is 17.0. The highest BCUT2D eigenvalue weighted by Gasteiger charge is 2.70. The lowest BCUT2D eigenvalue weighted by molar-refractivity contribution is -0.154. The molecule has 2 aliphatic heterocycles. The number of carbonyl (C=O) groups excluding carboxylic acids is 1. The van der Waals surface area contributed by atoms with Crippen LogP contribution in [0.4, 0.5) is 11.4 Å². The number of benzene rings is 4. The van der Waals surface area contributed by atoms with Gasteiger partial charge in [-0.25, -0.2) is 9.16 Å². The van der Waals surface area contributed by atoms with E-state index in [1.54, 1.807) is 4.68 Å². The van der Waals surface area contributed by atoms with E-state index in [2.05, 4.69) is 90.0 Å². The molecular weight excluding hydrogens is 668 g/mol. The zero-order chi connectivity index (χ0) is 35.0. The fourth-order valence-corrected chi connectivity index (χ4v) is 9.46. The predicted octanol–water partition coefficient (Wildman–Crippen LogP) is 8.20. The summed E-state index contributed by atoms with van der Waals surface area (Å²) in [6, 6.07) is 34.1. The maximum atomic E-state index is 15.0. The molecule has 0 radical (unpaired) electrons. The average Bonchev–Trinajstić information content (AvgIpc) is 3.64. The summed E-state index contributed by atoms with van der Waals surface area (Å²) in [5.74, 6) is 2.17. The Hall–Kier alpha value is -4.38. The van der Waals surface area contributed by atoms with Gasteiger partial charge in [0.05, 0.1) is 24.3 Å². The fourth-order valence-electron chi connectivity index (χ4n) is 7.44. The highest BCUT2D eigenvalue weighted by Crippen LogP contribution is 2.61. The van der Waals surface area contributed by atoms with Crippen molar-refractivity contribution in [1.29, 1.82) is 0 Å². The third-order valence-electron chi connectivity index (χ3n) is 9.46. The Balaban J connectivity index is 1.29. The Morgan fingerprint density at radius 2 is 1.62 bits per heavy atom. The minimum atomic E-state index is -0.405. The van der Waals surface area contributed by atoms with Crippen LogP contribution in [-0.2, 0) is 17.9 Å². The number of quaternary nitrogens is 1. The van der Waals surface area contributed by atoms with Crippen molar-refractivity contribution in [3.05, 3.63) is 125 Å². The number of nitrogens with zero attached hydrogens (tertiary/aromatic N) is 6. The van der Waals surface area contributed by atoms with Crippen LogP contribution >= 0.6 is 23.4 Å². The zero-order valence-corrected chi connectivity index (χ0v) is 30.5. The topological polar surface area (TPSA) is 82.4 Å². The Bertz CT molecular complexity index is 1930. The Morgan fingerprint density at radius 3 is 2.26 bits per heavy atom. The first-order chi connectivity index (χ1) is 24.1. The molecule has 50 heavy (non-hydrogen) atoms. The molecule has 2 fully saturated rings. The summed E-state index contributed by atoms with van der Waals surface area (Å²) in [6.45, 7) is 11.9. The van der Waals surface area contributed by atoms with Crippen LogP contribution in [-0.4, -0.2) is 59.9 Å². The van der Waals surface area contributed by atoms with E-state index in [0.29, 0.717) is 40.8 Å². The molecule has 2 aliphatic rings. The molecule has 0 aliphatic carbocycles. The molecule has 0 N–H and O–H groups in total. The SMILES string of the molecule is CCOc1ccc(Cn2nnnc2C2N3C(=O)C([N+](Cc4cccc(OC(C)C)c4)(c4ccccc4)c4ccccc4)[C@@H]3SC2(C)C)cc1Cl. The Labute approximate surface area is 302 Å². The number of hydrogen-bond acceptors (Lipinski definition) is 7. The summed E-state index contributed by atoms with van der Waals surface area (Å²) in [6.07, 6.45) is 0.0477. The Morgan fingerprint density at radius 1 is 0.920 bits per heavy atom. The number of rotatable bonds is 12. The largest absolute Gasteiger partial charge is 0.492 e. The van der Waals surface area contributed by atoms with Crippen molar-refractivity contribution in [2.45, 2.75) is 76.0 Å². The van der Waals surface area contributed by atoms with Crippen LogP contribution in [0.3, 0.4) is 0 Å². The van der Waals surface area contributed by atoms with Crippen LogP contribution in [0, 0.1) is 0 Å². The van der Waals surface area contributed by atoms with E-state index in [0.717, 1.165) is 28.3 Å².